The molecule has 362 valence electrons. The van der Waals surface area contributed by atoms with Gasteiger partial charge >= 0.3 is 5.97 Å². The lowest BCUT2D eigenvalue weighted by atomic mass is 9.77. The molecule has 1 amide bonds. The third kappa shape index (κ3) is 13.6. The molecular weight excluding hydrogens is 815 g/mol. The highest BCUT2D eigenvalue weighted by Gasteiger charge is 2.51. The molecular formula is C46H81N5O12. The Balaban J connectivity index is 1.72. The van der Waals surface area contributed by atoms with Crippen LogP contribution < -0.4 is 5.32 Å². The van der Waals surface area contributed by atoms with E-state index in [1.165, 1.54) is 13.1 Å². The molecule has 3 fully saturated rings. The quantitative estimate of drug-likeness (QED) is 0.151. The van der Waals surface area contributed by atoms with Crippen LogP contribution in [0.5, 0.6) is 0 Å². The van der Waals surface area contributed by atoms with E-state index in [9.17, 15) is 30.0 Å². The number of nitrogens with one attached hydrogen (secondary N) is 1. The van der Waals surface area contributed by atoms with Crippen LogP contribution in [-0.2, 0) is 33.2 Å². The lowest BCUT2D eigenvalue weighted by Crippen LogP contribution is -2.60. The summed E-state index contributed by atoms with van der Waals surface area (Å²) in [5.41, 5.74) is -2.42. The fourth-order valence-electron chi connectivity index (χ4n) is 9.77. The molecule has 5 N–H and O–H groups in total. The normalized spacial score (nSPS) is 41.7. The molecule has 1 aromatic heterocycles. The zero-order valence-electron chi connectivity index (χ0n) is 40.4. The molecule has 0 bridgehead atoms. The fourth-order valence-corrected chi connectivity index (χ4v) is 9.77. The average Bonchev–Trinajstić information content (AvgIpc) is 3.21. The van der Waals surface area contributed by atoms with Gasteiger partial charge in [-0.1, -0.05) is 27.7 Å². The van der Waals surface area contributed by atoms with Crippen LogP contribution in [0.3, 0.4) is 0 Å². The standard InChI is InChI=1S/C46H81N5O12/c1-15-35-46(11,57)40(53)31(8)51(14)24-25(2)21-45(10,56)41(29(6)38(30(7)43(55)61-35)62-36-19-26(3)37(52)32(9)60-36)63-44-39(34(50(12)13)20-28(5)59-44)58-18-16-17-47-42(54)33-23-48-27(4)22-49-33/h22-23,25-26,28-32,34-41,44,52-53,56-57H,15-21,24H2,1-14H3,(H,47,54)/t25-,26?,28-,29+,30?,31-,32+,34+,35-,36+,37-,38+,39-,40-,41-,44+,45?,46-/m1/s1. The Morgan fingerprint density at radius 1 is 1.00 bits per heavy atom. The van der Waals surface area contributed by atoms with Crippen LogP contribution >= 0.6 is 0 Å². The molecule has 0 aliphatic carbocycles. The number of ether oxygens (including phenoxy) is 6. The number of carbonyl (C=O) groups excluding carboxylic acids is 2. The number of aromatic nitrogens is 2. The van der Waals surface area contributed by atoms with Crippen molar-refractivity contribution in [1.29, 1.82) is 0 Å². The van der Waals surface area contributed by atoms with E-state index < -0.39 is 90.4 Å². The highest BCUT2D eigenvalue weighted by molar-refractivity contribution is 5.91. The molecule has 4 heterocycles. The van der Waals surface area contributed by atoms with Gasteiger partial charge in [-0.15, -0.1) is 0 Å². The van der Waals surface area contributed by atoms with Crippen molar-refractivity contribution in [3.63, 3.8) is 0 Å². The van der Waals surface area contributed by atoms with Crippen molar-refractivity contribution in [2.24, 2.45) is 23.7 Å². The van der Waals surface area contributed by atoms with Gasteiger partial charge in [0.25, 0.3) is 5.91 Å². The van der Waals surface area contributed by atoms with Crippen LogP contribution in [0.2, 0.25) is 0 Å². The first kappa shape index (κ1) is 53.2. The number of aliphatic hydroxyl groups excluding tert-OH is 2. The average molecular weight is 896 g/mol. The van der Waals surface area contributed by atoms with Crippen LogP contribution in [0.4, 0.5) is 0 Å². The van der Waals surface area contributed by atoms with Gasteiger partial charge in [-0.3, -0.25) is 14.6 Å². The first-order valence-electron chi connectivity index (χ1n) is 23.1. The van der Waals surface area contributed by atoms with Gasteiger partial charge in [0.1, 0.15) is 29.6 Å². The summed E-state index contributed by atoms with van der Waals surface area (Å²) in [7, 11) is 5.80. The van der Waals surface area contributed by atoms with Gasteiger partial charge in [0.15, 0.2) is 12.6 Å². The molecule has 18 atom stereocenters. The summed E-state index contributed by atoms with van der Waals surface area (Å²) < 4.78 is 39.4. The third-order valence-electron chi connectivity index (χ3n) is 13.6. The second kappa shape index (κ2) is 22.9. The third-order valence-corrected chi connectivity index (χ3v) is 13.6. The number of cyclic esters (lactones) is 1. The predicted molar refractivity (Wildman–Crippen MR) is 235 cm³/mol. The van der Waals surface area contributed by atoms with Crippen LogP contribution in [0.15, 0.2) is 12.4 Å². The van der Waals surface area contributed by atoms with Crippen LogP contribution in [-0.4, -0.2) is 178 Å². The first-order valence-corrected chi connectivity index (χ1v) is 23.1. The number of hydrogen-bond donors (Lipinski definition) is 5. The van der Waals surface area contributed by atoms with Crippen molar-refractivity contribution >= 4 is 11.9 Å². The van der Waals surface area contributed by atoms with Gasteiger partial charge in [-0.2, -0.15) is 0 Å². The minimum Gasteiger partial charge on any atom is -0.459 e. The Morgan fingerprint density at radius 3 is 2.29 bits per heavy atom. The van der Waals surface area contributed by atoms with Crippen LogP contribution in [0, 0.1) is 30.6 Å². The predicted octanol–water partition coefficient (Wildman–Crippen LogP) is 3.07. The summed E-state index contributed by atoms with van der Waals surface area (Å²) in [6.07, 6.45) is -3.33. The number of aliphatic hydroxyl groups is 4. The highest BCUT2D eigenvalue weighted by Crippen LogP contribution is 2.39. The number of amides is 1. The molecule has 17 nitrogen and oxygen atoms in total. The molecule has 3 unspecified atom stereocenters. The summed E-state index contributed by atoms with van der Waals surface area (Å²) >= 11 is 0. The van der Waals surface area contributed by atoms with E-state index in [4.69, 9.17) is 28.4 Å². The van der Waals surface area contributed by atoms with E-state index in [2.05, 4.69) is 20.2 Å². The maximum atomic E-state index is 14.4. The monoisotopic (exact) mass is 896 g/mol. The maximum Gasteiger partial charge on any atom is 0.311 e. The topological polar surface area (TPSA) is 215 Å². The van der Waals surface area contributed by atoms with Gasteiger partial charge < -0.3 is 64.0 Å². The number of esters is 1. The van der Waals surface area contributed by atoms with Gasteiger partial charge in [0, 0.05) is 50.3 Å². The van der Waals surface area contributed by atoms with Gasteiger partial charge in [-0.25, -0.2) is 4.98 Å². The van der Waals surface area contributed by atoms with Crippen molar-refractivity contribution in [1.82, 2.24) is 25.1 Å². The SMILES string of the molecule is CC[C@H]1OC(=O)C(C)[C@@H](O[C@H]2CC(C)[C@@H](O)[C@H](C)O2)[C@H](C)[C@@H](O[C@@H]2O[C@H](C)C[C@H](N(C)C)[C@H]2OCCCNC(=O)c2cnc(C)cn2)C(C)(O)C[C@@H](C)CN(C)[C@H](C)[C@@H](O)[C@]1(C)O. The summed E-state index contributed by atoms with van der Waals surface area (Å²) in [6.45, 7) is 20.9. The van der Waals surface area contributed by atoms with E-state index in [1.807, 2.05) is 60.7 Å². The molecule has 3 saturated heterocycles. The van der Waals surface area contributed by atoms with Crippen LogP contribution in [0.1, 0.15) is 118 Å². The van der Waals surface area contributed by atoms with E-state index in [0.717, 1.165) is 0 Å². The van der Waals surface area contributed by atoms with Crippen molar-refractivity contribution in [3.05, 3.63) is 23.8 Å². The zero-order chi connectivity index (χ0) is 47.1. The second-order valence-electron chi connectivity index (χ2n) is 19.7. The number of likely N-dealkylation sites (N-methyl/N-ethyl adjacent to an activating group) is 2. The molecule has 3 aliphatic heterocycles. The molecule has 0 radical (unpaired) electrons. The zero-order valence-corrected chi connectivity index (χ0v) is 40.4. The van der Waals surface area contributed by atoms with E-state index in [-0.39, 0.29) is 55.0 Å². The number of carbonyl (C=O) groups is 2. The Bertz CT molecular complexity index is 1570. The lowest BCUT2D eigenvalue weighted by molar-refractivity contribution is -0.314. The van der Waals surface area contributed by atoms with Crippen LogP contribution in [0.25, 0.3) is 0 Å². The van der Waals surface area contributed by atoms with E-state index >= 15 is 0 Å². The summed E-state index contributed by atoms with van der Waals surface area (Å²) in [5, 5.41) is 49.9. The molecule has 1 aromatic rings. The summed E-state index contributed by atoms with van der Waals surface area (Å²) in [4.78, 5) is 39.5. The number of rotatable bonds is 12. The van der Waals surface area contributed by atoms with Gasteiger partial charge in [-0.05, 0) is 107 Å². The van der Waals surface area contributed by atoms with Crippen molar-refractivity contribution in [3.8, 4) is 0 Å². The van der Waals surface area contributed by atoms with E-state index in [0.29, 0.717) is 38.0 Å². The molecule has 0 saturated carbocycles. The lowest BCUT2D eigenvalue weighted by Gasteiger charge is -2.48. The Labute approximate surface area is 375 Å². The maximum absolute atomic E-state index is 14.4. The Morgan fingerprint density at radius 2 is 1.68 bits per heavy atom. The number of nitrogens with zero attached hydrogens (tertiary/aromatic N) is 4. The Kier molecular flexibility index (Phi) is 19.3. The molecule has 4 rings (SSSR count). The smallest absolute Gasteiger partial charge is 0.311 e. The molecule has 17 heteroatoms. The molecule has 0 aromatic carbocycles. The second-order valence-corrected chi connectivity index (χ2v) is 19.7. The fraction of sp³-hybridized carbons (Fsp3) is 0.870. The molecule has 3 aliphatic rings. The molecule has 0 spiro atoms. The van der Waals surface area contributed by atoms with Crippen molar-refractivity contribution in [2.75, 3.05) is 40.8 Å². The largest absolute Gasteiger partial charge is 0.459 e. The molecule has 63 heavy (non-hydrogen) atoms. The first-order chi connectivity index (χ1) is 29.4. The summed E-state index contributed by atoms with van der Waals surface area (Å²) in [5.74, 6) is -3.02. The van der Waals surface area contributed by atoms with Crippen molar-refractivity contribution in [2.45, 2.75) is 193 Å². The highest BCUT2D eigenvalue weighted by atomic mass is 16.7. The number of aryl methyl sites for hydroxylation is 1. The summed E-state index contributed by atoms with van der Waals surface area (Å²) in [6, 6.07) is -0.695. The van der Waals surface area contributed by atoms with E-state index in [1.54, 1.807) is 40.8 Å². The Hall–Kier alpha value is -2.42. The minimum atomic E-state index is -1.80. The minimum absolute atomic E-state index is 0.149. The number of hydrogen-bond acceptors (Lipinski definition) is 16. The van der Waals surface area contributed by atoms with Gasteiger partial charge in [0.05, 0.1) is 53.9 Å². The van der Waals surface area contributed by atoms with Crippen molar-refractivity contribution < 1.29 is 58.4 Å². The van der Waals surface area contributed by atoms with Gasteiger partial charge in [0.2, 0.25) is 0 Å².